The molecule has 0 amide bonds. The van der Waals surface area contributed by atoms with Gasteiger partial charge in [0.25, 0.3) is 0 Å². The van der Waals surface area contributed by atoms with Crippen LogP contribution in [-0.2, 0) is 19.8 Å². The van der Waals surface area contributed by atoms with Gasteiger partial charge in [-0.25, -0.2) is 4.39 Å². The molecule has 0 bridgehead atoms. The summed E-state index contributed by atoms with van der Waals surface area (Å²) in [5.41, 5.74) is 6.68. The topological polar surface area (TPSA) is 67.2 Å². The van der Waals surface area contributed by atoms with Gasteiger partial charge in [0.05, 0.1) is 0 Å². The zero-order chi connectivity index (χ0) is 16.9. The molecular formula is C19H26FN3OOs. The Labute approximate surface area is 162 Å². The second-order valence-corrected chi connectivity index (χ2v) is 6.90. The van der Waals surface area contributed by atoms with Crippen LogP contribution in [0.5, 0.6) is 0 Å². The fourth-order valence-electron chi connectivity index (χ4n) is 3.69. The number of carbonyl (C=O) groups is 1. The predicted molar refractivity (Wildman–Crippen MR) is 92.5 cm³/mol. The fraction of sp³-hybridized carbons (Fsp3) is 0.526. The standard InChI is InChI=1S/C19H26FN3O.Os/c20-16-6-3-13(4-7-16)19(24)10-17(21)14-5-8-18(23-12-14)15-2-1-9-22-11-15;/h3-4,6-7,10,12,14-15,17-18,22-23H,1-2,5,8-9,11,21H2;/q-2;+2. The van der Waals surface area contributed by atoms with Gasteiger partial charge in [0.2, 0.25) is 0 Å². The Morgan fingerprint density at radius 2 is 2.04 bits per heavy atom. The van der Waals surface area contributed by atoms with Crippen LogP contribution in [0.3, 0.4) is 0 Å². The molecule has 2 aliphatic heterocycles. The molecule has 3 rings (SSSR count). The maximum absolute atomic E-state index is 12.9. The Hall–Kier alpha value is -0.794. The van der Waals surface area contributed by atoms with Gasteiger partial charge >= 0.3 is 19.8 Å². The van der Waals surface area contributed by atoms with Crippen molar-refractivity contribution < 1.29 is 29.0 Å². The first-order chi connectivity index (χ1) is 11.6. The Kier molecular flexibility index (Phi) is 8.03. The Morgan fingerprint density at radius 3 is 2.64 bits per heavy atom. The maximum atomic E-state index is 12.9. The van der Waals surface area contributed by atoms with Crippen molar-refractivity contribution in [3.05, 3.63) is 48.6 Å². The molecule has 6 heteroatoms. The molecule has 25 heavy (non-hydrogen) atoms. The van der Waals surface area contributed by atoms with E-state index in [1.807, 2.05) is 0 Å². The van der Waals surface area contributed by atoms with E-state index in [1.54, 1.807) is 6.42 Å². The van der Waals surface area contributed by atoms with E-state index >= 15 is 0 Å². The predicted octanol–water partition coefficient (Wildman–Crippen LogP) is 2.07. The van der Waals surface area contributed by atoms with Crippen molar-refractivity contribution in [3.8, 4) is 0 Å². The molecule has 0 aliphatic carbocycles. The summed E-state index contributed by atoms with van der Waals surface area (Å²) in [5, 5.41) is 6.97. The van der Waals surface area contributed by atoms with Crippen LogP contribution in [-0.4, -0.2) is 31.0 Å². The van der Waals surface area contributed by atoms with Crippen LogP contribution in [0.1, 0.15) is 36.0 Å². The van der Waals surface area contributed by atoms with Gasteiger partial charge in [0.15, 0.2) is 0 Å². The van der Waals surface area contributed by atoms with Crippen LogP contribution in [0.15, 0.2) is 24.3 Å². The summed E-state index contributed by atoms with van der Waals surface area (Å²) in [5.74, 6) is 0.345. The van der Waals surface area contributed by atoms with E-state index < -0.39 is 0 Å². The third-order valence-electron chi connectivity index (χ3n) is 5.21. The van der Waals surface area contributed by atoms with Gasteiger partial charge in [0.1, 0.15) is 5.82 Å². The largest absolute Gasteiger partial charge is 2.00 e. The number of carbonyl (C=O) groups excluding carboxylic acids is 1. The van der Waals surface area contributed by atoms with Crippen molar-refractivity contribution in [1.82, 2.24) is 10.6 Å². The number of piperidine rings is 2. The molecule has 1 aromatic rings. The van der Waals surface area contributed by atoms with Crippen molar-refractivity contribution in [2.24, 2.45) is 17.6 Å². The zero-order valence-electron chi connectivity index (χ0n) is 14.2. The molecule has 0 radical (unpaired) electrons. The molecule has 4 unspecified atom stereocenters. The molecule has 0 aromatic heterocycles. The third-order valence-corrected chi connectivity index (χ3v) is 5.21. The van der Waals surface area contributed by atoms with Gasteiger partial charge < -0.3 is 21.2 Å². The van der Waals surface area contributed by atoms with Crippen LogP contribution in [0, 0.1) is 30.6 Å². The summed E-state index contributed by atoms with van der Waals surface area (Å²) < 4.78 is 12.9. The van der Waals surface area contributed by atoms with E-state index in [0.29, 0.717) is 17.5 Å². The fourth-order valence-corrected chi connectivity index (χ4v) is 3.69. The molecule has 4 N–H and O–H groups in total. The smallest absolute Gasteiger partial charge is 0.467 e. The van der Waals surface area contributed by atoms with Crippen molar-refractivity contribution in [2.75, 3.05) is 13.1 Å². The van der Waals surface area contributed by atoms with E-state index in [4.69, 9.17) is 5.73 Å². The quantitative estimate of drug-likeness (QED) is 0.410. The van der Waals surface area contributed by atoms with Crippen LogP contribution in [0.25, 0.3) is 0 Å². The molecule has 4 nitrogen and oxygen atoms in total. The van der Waals surface area contributed by atoms with E-state index in [0.717, 1.165) is 25.9 Å². The molecule has 2 heterocycles. The molecule has 1 aromatic carbocycles. The van der Waals surface area contributed by atoms with E-state index in [-0.39, 0.29) is 43.4 Å². The van der Waals surface area contributed by atoms with E-state index in [1.165, 1.54) is 37.1 Å². The maximum Gasteiger partial charge on any atom is 2.00 e. The second-order valence-electron chi connectivity index (χ2n) is 6.90. The van der Waals surface area contributed by atoms with Crippen LogP contribution in [0.2, 0.25) is 0 Å². The van der Waals surface area contributed by atoms with E-state index in [2.05, 4.69) is 17.2 Å². The second kappa shape index (κ2) is 9.78. The number of benzene rings is 1. The summed E-state index contributed by atoms with van der Waals surface area (Å²) in [6.07, 6.45) is 6.14. The van der Waals surface area contributed by atoms with Gasteiger partial charge in [-0.05, 0) is 56.4 Å². The van der Waals surface area contributed by atoms with Crippen LogP contribution >= 0.6 is 0 Å². The SMILES string of the molecule is NC([CH-]C(=O)c1ccc(F)cc1)C1[CH-]NC(C2CCCNC2)CC1.[Os+2]. The Bertz CT molecular complexity index is 540. The number of hydrogen-bond acceptors (Lipinski definition) is 4. The summed E-state index contributed by atoms with van der Waals surface area (Å²) in [7, 11) is 0. The summed E-state index contributed by atoms with van der Waals surface area (Å²) in [6, 6.07) is 5.77. The molecule has 4 atom stereocenters. The number of halogens is 1. The van der Waals surface area contributed by atoms with Gasteiger partial charge in [-0.3, -0.25) is 6.54 Å². The first-order valence-electron chi connectivity index (χ1n) is 8.84. The molecule has 2 saturated heterocycles. The van der Waals surface area contributed by atoms with Gasteiger partial charge in [0, 0.05) is 5.78 Å². The Balaban J connectivity index is 0.00000225. The minimum atomic E-state index is -0.344. The molecule has 2 fully saturated rings. The molecule has 2 aliphatic rings. The van der Waals surface area contributed by atoms with Gasteiger partial charge in [-0.15, -0.1) is 17.7 Å². The summed E-state index contributed by atoms with van der Waals surface area (Å²) >= 11 is 0. The third kappa shape index (κ3) is 5.59. The minimum Gasteiger partial charge on any atom is -0.467 e. The number of nitrogens with one attached hydrogen (secondary N) is 2. The summed E-state index contributed by atoms with van der Waals surface area (Å²) in [6.45, 7) is 4.28. The normalized spacial score (nSPS) is 27.8. The van der Waals surface area contributed by atoms with E-state index in [9.17, 15) is 9.18 Å². The van der Waals surface area contributed by atoms with Crippen molar-refractivity contribution in [3.63, 3.8) is 0 Å². The summed E-state index contributed by atoms with van der Waals surface area (Å²) in [4.78, 5) is 12.2. The number of rotatable bonds is 5. The van der Waals surface area contributed by atoms with Gasteiger partial charge in [-0.2, -0.15) is 12.3 Å². The van der Waals surface area contributed by atoms with Gasteiger partial charge in [-0.1, -0.05) is 12.5 Å². The van der Waals surface area contributed by atoms with Crippen LogP contribution < -0.4 is 16.4 Å². The first-order valence-corrected chi connectivity index (χ1v) is 8.84. The number of nitrogens with two attached hydrogens (primary N) is 1. The molecule has 0 saturated carbocycles. The number of ketones is 1. The molecule has 0 spiro atoms. The number of Topliss-reactive ketones (excluding diaryl/α,β-unsaturated/α-hetero) is 1. The van der Waals surface area contributed by atoms with Crippen molar-refractivity contribution in [1.29, 1.82) is 0 Å². The number of hydrogen-bond donors (Lipinski definition) is 3. The van der Waals surface area contributed by atoms with Crippen LogP contribution in [0.4, 0.5) is 4.39 Å². The average Bonchev–Trinajstić information content (AvgIpc) is 2.63. The Morgan fingerprint density at radius 1 is 1.28 bits per heavy atom. The van der Waals surface area contributed by atoms with Crippen molar-refractivity contribution in [2.45, 2.75) is 37.8 Å². The zero-order valence-corrected chi connectivity index (χ0v) is 16.8. The molecular weight excluding hydrogens is 495 g/mol. The monoisotopic (exact) mass is 523 g/mol. The minimum absolute atomic E-state index is 0. The van der Waals surface area contributed by atoms with Crippen molar-refractivity contribution >= 4 is 5.78 Å². The molecule has 138 valence electrons. The first kappa shape index (κ1) is 20.5. The average molecular weight is 522 g/mol.